The number of hydrogen-bond acceptors (Lipinski definition) is 4. The monoisotopic (exact) mass is 426 g/mol. The van der Waals surface area contributed by atoms with Gasteiger partial charge in [-0.15, -0.1) is 0 Å². The molecule has 0 saturated carbocycles. The van der Waals surface area contributed by atoms with E-state index in [9.17, 15) is 9.59 Å². The van der Waals surface area contributed by atoms with Gasteiger partial charge in [0, 0.05) is 9.50 Å². The first-order valence-corrected chi connectivity index (χ1v) is 8.43. The van der Waals surface area contributed by atoms with Gasteiger partial charge in [0.2, 0.25) is 0 Å². The molecule has 0 aromatic heterocycles. The third-order valence-electron chi connectivity index (χ3n) is 3.18. The van der Waals surface area contributed by atoms with E-state index in [2.05, 4.69) is 26.8 Å². The Labute approximate surface area is 158 Å². The first-order chi connectivity index (χ1) is 11.9. The van der Waals surface area contributed by atoms with E-state index >= 15 is 0 Å². The van der Waals surface area contributed by atoms with Crippen molar-refractivity contribution in [3.63, 3.8) is 0 Å². The van der Waals surface area contributed by atoms with Crippen LogP contribution in [-0.2, 0) is 4.79 Å². The number of methoxy groups -OCH3 is 1. The summed E-state index contributed by atoms with van der Waals surface area (Å²) in [4.78, 5) is 24.3. The van der Waals surface area contributed by atoms with Crippen LogP contribution in [0.3, 0.4) is 0 Å². The Hall–Kier alpha value is -2.25. The minimum absolute atomic E-state index is 0.205. The maximum absolute atomic E-state index is 12.2. The number of benzene rings is 2. The number of hydrazine groups is 1. The van der Waals surface area contributed by atoms with E-state index in [1.807, 2.05) is 6.07 Å². The zero-order chi connectivity index (χ0) is 18.4. The Kier molecular flexibility index (Phi) is 6.66. The average molecular weight is 428 g/mol. The van der Waals surface area contributed by atoms with Crippen molar-refractivity contribution in [1.82, 2.24) is 10.9 Å². The summed E-state index contributed by atoms with van der Waals surface area (Å²) in [5.41, 5.74) is 4.83. The minimum atomic E-state index is -0.809. The summed E-state index contributed by atoms with van der Waals surface area (Å²) in [5.74, 6) is -0.189. The fourth-order valence-electron chi connectivity index (χ4n) is 1.94. The molecule has 2 rings (SSSR count). The van der Waals surface area contributed by atoms with Gasteiger partial charge in [-0.25, -0.2) is 0 Å². The van der Waals surface area contributed by atoms with E-state index in [4.69, 9.17) is 21.1 Å². The first kappa shape index (κ1) is 19.1. The maximum atomic E-state index is 12.2. The summed E-state index contributed by atoms with van der Waals surface area (Å²) < 4.78 is 11.5. The predicted molar refractivity (Wildman–Crippen MR) is 97.8 cm³/mol. The molecule has 6 nitrogen and oxygen atoms in total. The number of hydrogen-bond donors (Lipinski definition) is 2. The van der Waals surface area contributed by atoms with Crippen LogP contribution in [0, 0.1) is 0 Å². The van der Waals surface area contributed by atoms with Gasteiger partial charge in [-0.2, -0.15) is 0 Å². The van der Waals surface area contributed by atoms with Gasteiger partial charge in [-0.05, 0) is 43.3 Å². The molecule has 2 N–H and O–H groups in total. The van der Waals surface area contributed by atoms with E-state index in [1.165, 1.54) is 13.2 Å². The Morgan fingerprint density at radius 1 is 1.16 bits per heavy atom. The summed E-state index contributed by atoms with van der Waals surface area (Å²) in [6, 6.07) is 11.7. The van der Waals surface area contributed by atoms with E-state index in [0.717, 1.165) is 4.47 Å². The molecule has 2 aromatic carbocycles. The molecule has 0 aliphatic rings. The van der Waals surface area contributed by atoms with Gasteiger partial charge >= 0.3 is 0 Å². The highest BCUT2D eigenvalue weighted by atomic mass is 79.9. The zero-order valence-electron chi connectivity index (χ0n) is 13.5. The molecule has 1 unspecified atom stereocenters. The maximum Gasteiger partial charge on any atom is 0.279 e. The normalized spacial score (nSPS) is 11.4. The number of halogens is 2. The van der Waals surface area contributed by atoms with Crippen molar-refractivity contribution >= 4 is 39.3 Å². The van der Waals surface area contributed by atoms with Gasteiger partial charge in [0.15, 0.2) is 6.10 Å². The predicted octanol–water partition coefficient (Wildman–Crippen LogP) is 3.34. The van der Waals surface area contributed by atoms with Gasteiger partial charge < -0.3 is 9.47 Å². The molecular weight excluding hydrogens is 412 g/mol. The lowest BCUT2D eigenvalue weighted by Gasteiger charge is -2.16. The molecule has 0 aliphatic heterocycles. The number of carbonyl (C=O) groups excluding carboxylic acids is 2. The lowest BCUT2D eigenvalue weighted by atomic mass is 10.2. The van der Waals surface area contributed by atoms with Crippen LogP contribution < -0.4 is 20.3 Å². The van der Waals surface area contributed by atoms with Crippen LogP contribution in [-0.4, -0.2) is 25.0 Å². The quantitative estimate of drug-likeness (QED) is 0.718. The Balaban J connectivity index is 1.95. The fraction of sp³-hybridized carbons (Fsp3) is 0.176. The van der Waals surface area contributed by atoms with E-state index in [0.29, 0.717) is 16.5 Å². The SMILES string of the molecule is COc1ccc(Cl)cc1C(=O)NNC(=O)C(C)Oc1cccc(Br)c1. The molecular formula is C17H16BrClN2O4. The molecule has 8 heteroatoms. The van der Waals surface area contributed by atoms with Crippen LogP contribution in [0.5, 0.6) is 11.5 Å². The molecule has 132 valence electrons. The number of ether oxygens (including phenoxy) is 2. The highest BCUT2D eigenvalue weighted by molar-refractivity contribution is 9.10. The van der Waals surface area contributed by atoms with E-state index in [1.54, 1.807) is 37.3 Å². The van der Waals surface area contributed by atoms with Crippen LogP contribution in [0.15, 0.2) is 46.9 Å². The van der Waals surface area contributed by atoms with Gasteiger partial charge in [0.05, 0.1) is 12.7 Å². The smallest absolute Gasteiger partial charge is 0.279 e. The second kappa shape index (κ2) is 8.73. The van der Waals surface area contributed by atoms with Crippen LogP contribution in [0.2, 0.25) is 5.02 Å². The Morgan fingerprint density at radius 2 is 1.92 bits per heavy atom. The largest absolute Gasteiger partial charge is 0.496 e. The second-order valence-corrected chi connectivity index (χ2v) is 6.36. The molecule has 1 atom stereocenters. The van der Waals surface area contributed by atoms with Crippen molar-refractivity contribution < 1.29 is 19.1 Å². The standard InChI is InChI=1S/C17H16BrClN2O4/c1-10(25-13-5-3-4-11(18)8-13)16(22)20-21-17(23)14-9-12(19)6-7-15(14)24-2/h3-10H,1-2H3,(H,20,22)(H,21,23). The first-order valence-electron chi connectivity index (χ1n) is 7.26. The highest BCUT2D eigenvalue weighted by Crippen LogP contribution is 2.22. The zero-order valence-corrected chi connectivity index (χ0v) is 15.8. The van der Waals surface area contributed by atoms with Crippen LogP contribution in [0.25, 0.3) is 0 Å². The van der Waals surface area contributed by atoms with Crippen molar-refractivity contribution in [3.05, 3.63) is 57.5 Å². The number of carbonyl (C=O) groups is 2. The molecule has 0 fully saturated rings. The fourth-order valence-corrected chi connectivity index (χ4v) is 2.49. The van der Waals surface area contributed by atoms with Crippen LogP contribution >= 0.6 is 27.5 Å². The molecule has 2 amide bonds. The molecule has 0 saturated heterocycles. The van der Waals surface area contributed by atoms with E-state index in [-0.39, 0.29) is 5.56 Å². The molecule has 0 heterocycles. The molecule has 0 aliphatic carbocycles. The Morgan fingerprint density at radius 3 is 2.60 bits per heavy atom. The molecule has 25 heavy (non-hydrogen) atoms. The highest BCUT2D eigenvalue weighted by Gasteiger charge is 2.18. The molecule has 2 aromatic rings. The van der Waals surface area contributed by atoms with Crippen molar-refractivity contribution in [2.24, 2.45) is 0 Å². The second-order valence-electron chi connectivity index (χ2n) is 5.01. The van der Waals surface area contributed by atoms with Gasteiger partial charge in [-0.3, -0.25) is 20.4 Å². The van der Waals surface area contributed by atoms with Crippen molar-refractivity contribution in [3.8, 4) is 11.5 Å². The topological polar surface area (TPSA) is 76.7 Å². The van der Waals surface area contributed by atoms with Crippen molar-refractivity contribution in [2.75, 3.05) is 7.11 Å². The molecule has 0 spiro atoms. The Bertz CT molecular complexity index is 785. The van der Waals surface area contributed by atoms with Gasteiger partial charge in [0.1, 0.15) is 11.5 Å². The summed E-state index contributed by atoms with van der Waals surface area (Å²) in [6.45, 7) is 1.57. The van der Waals surface area contributed by atoms with Gasteiger partial charge in [-0.1, -0.05) is 33.6 Å². The van der Waals surface area contributed by atoms with Crippen molar-refractivity contribution in [2.45, 2.75) is 13.0 Å². The average Bonchev–Trinajstić information content (AvgIpc) is 2.59. The minimum Gasteiger partial charge on any atom is -0.496 e. The summed E-state index contributed by atoms with van der Waals surface area (Å²) >= 11 is 9.21. The summed E-state index contributed by atoms with van der Waals surface area (Å²) in [5, 5.41) is 0.378. The lowest BCUT2D eigenvalue weighted by Crippen LogP contribution is -2.47. The third kappa shape index (κ3) is 5.37. The summed E-state index contributed by atoms with van der Waals surface area (Å²) in [7, 11) is 1.44. The lowest BCUT2D eigenvalue weighted by molar-refractivity contribution is -0.128. The molecule has 0 radical (unpaired) electrons. The molecule has 0 bridgehead atoms. The number of amides is 2. The number of nitrogens with one attached hydrogen (secondary N) is 2. The van der Waals surface area contributed by atoms with Gasteiger partial charge in [0.25, 0.3) is 11.8 Å². The van der Waals surface area contributed by atoms with Crippen LogP contribution in [0.1, 0.15) is 17.3 Å². The van der Waals surface area contributed by atoms with Crippen molar-refractivity contribution in [1.29, 1.82) is 0 Å². The van der Waals surface area contributed by atoms with Crippen LogP contribution in [0.4, 0.5) is 0 Å². The van der Waals surface area contributed by atoms with E-state index < -0.39 is 17.9 Å². The summed E-state index contributed by atoms with van der Waals surface area (Å²) in [6.07, 6.45) is -0.809. The third-order valence-corrected chi connectivity index (χ3v) is 3.91. The number of rotatable bonds is 5.